The Balaban J connectivity index is 1.79. The van der Waals surface area contributed by atoms with E-state index in [4.69, 9.17) is 9.47 Å². The van der Waals surface area contributed by atoms with Gasteiger partial charge in [-0.25, -0.2) is 4.79 Å². The predicted octanol–water partition coefficient (Wildman–Crippen LogP) is 4.62. The minimum absolute atomic E-state index is 0.104. The second-order valence-corrected chi connectivity index (χ2v) is 12.2. The number of ether oxygens (including phenoxy) is 2. The summed E-state index contributed by atoms with van der Waals surface area (Å²) >= 11 is 0. The summed E-state index contributed by atoms with van der Waals surface area (Å²) in [6.07, 6.45) is 8.24. The Morgan fingerprint density at radius 2 is 1.90 bits per heavy atom. The van der Waals surface area contributed by atoms with E-state index >= 15 is 0 Å². The van der Waals surface area contributed by atoms with Crippen LogP contribution in [0.15, 0.2) is 60.3 Å². The molecule has 2 aliphatic heterocycles. The van der Waals surface area contributed by atoms with Crippen molar-refractivity contribution in [3.05, 3.63) is 66.0 Å². The molecule has 1 fully saturated rings. The molecule has 0 aliphatic carbocycles. The maximum absolute atomic E-state index is 13.1. The number of rotatable bonds is 6. The van der Waals surface area contributed by atoms with Gasteiger partial charge < -0.3 is 24.6 Å². The SMILES string of the molecule is C/C(=C\C=C\C(C)c1ccccn1)[C@@H]1OC(=O)C[C@@H](O)CC[C@@](C)(O)[C@@H](OC(=O)N2CCN(C(C)C)CC2)/C=C/[C@H]1C. The number of aliphatic hydroxyl groups excluding tert-OH is 1. The molecule has 9 nitrogen and oxygen atoms in total. The fraction of sp³-hybridized carbons (Fsp3) is 0.606. The molecule has 232 valence electrons. The second kappa shape index (κ2) is 15.5. The van der Waals surface area contributed by atoms with Gasteiger partial charge in [0.15, 0.2) is 6.10 Å². The van der Waals surface area contributed by atoms with E-state index in [1.54, 1.807) is 24.1 Å². The van der Waals surface area contributed by atoms with Crippen LogP contribution in [0.5, 0.6) is 0 Å². The van der Waals surface area contributed by atoms with Gasteiger partial charge in [-0.2, -0.15) is 0 Å². The van der Waals surface area contributed by atoms with Crippen LogP contribution in [0.3, 0.4) is 0 Å². The van der Waals surface area contributed by atoms with Crippen molar-refractivity contribution >= 4 is 12.1 Å². The number of esters is 1. The van der Waals surface area contributed by atoms with Crippen molar-refractivity contribution in [2.45, 2.75) is 96.7 Å². The fourth-order valence-electron chi connectivity index (χ4n) is 5.27. The monoisotopic (exact) mass is 583 g/mol. The zero-order valence-corrected chi connectivity index (χ0v) is 26.0. The van der Waals surface area contributed by atoms with Crippen LogP contribution in [0.25, 0.3) is 0 Å². The highest BCUT2D eigenvalue weighted by atomic mass is 16.6. The normalized spacial score (nSPS) is 30.4. The number of carbonyl (C=O) groups is 2. The molecule has 42 heavy (non-hydrogen) atoms. The highest BCUT2D eigenvalue weighted by molar-refractivity contribution is 5.70. The van der Waals surface area contributed by atoms with Crippen LogP contribution < -0.4 is 0 Å². The smallest absolute Gasteiger partial charge is 0.410 e. The first-order chi connectivity index (χ1) is 19.9. The lowest BCUT2D eigenvalue weighted by Gasteiger charge is -2.38. The molecule has 6 atom stereocenters. The van der Waals surface area contributed by atoms with Crippen LogP contribution in [-0.4, -0.2) is 93.2 Å². The van der Waals surface area contributed by atoms with Crippen LogP contribution >= 0.6 is 0 Å². The number of pyridine rings is 1. The standard InChI is InChI=1S/C33H49N3O6/c1-23(2)35-18-20-36(21-19-35)32(39)41-29-14-13-26(5)31(42-30(38)22-27(37)15-16-33(29,6)40)25(4)11-9-10-24(3)28-12-7-8-17-34-28/h7-14,17,23-24,26-27,29,31,37,40H,15-16,18-22H2,1-6H3/b10-9+,14-13+,25-11+/t24?,26-,27+,29+,31+,33-/m1/s1. The number of allylic oxidation sites excluding steroid dienone is 3. The van der Waals surface area contributed by atoms with E-state index < -0.39 is 36.0 Å². The van der Waals surface area contributed by atoms with Gasteiger partial charge in [0.05, 0.1) is 12.5 Å². The summed E-state index contributed by atoms with van der Waals surface area (Å²) in [6, 6.07) is 6.22. The average Bonchev–Trinajstić information content (AvgIpc) is 2.96. The summed E-state index contributed by atoms with van der Waals surface area (Å²) < 4.78 is 11.7. The summed E-state index contributed by atoms with van der Waals surface area (Å²) in [6.45, 7) is 14.4. The zero-order chi connectivity index (χ0) is 30.9. The quantitative estimate of drug-likeness (QED) is 0.284. The molecule has 1 unspecified atom stereocenters. The van der Waals surface area contributed by atoms with Crippen molar-refractivity contribution < 1.29 is 29.3 Å². The average molecular weight is 584 g/mol. The third-order valence-electron chi connectivity index (χ3n) is 8.22. The molecular weight excluding hydrogens is 534 g/mol. The Morgan fingerprint density at radius 3 is 2.55 bits per heavy atom. The number of amides is 1. The third kappa shape index (κ3) is 9.78. The van der Waals surface area contributed by atoms with E-state index in [0.29, 0.717) is 19.1 Å². The number of hydrogen-bond acceptors (Lipinski definition) is 8. The molecule has 1 aromatic rings. The number of aromatic nitrogens is 1. The summed E-state index contributed by atoms with van der Waals surface area (Å²) in [4.78, 5) is 34.3. The maximum Gasteiger partial charge on any atom is 0.410 e. The van der Waals surface area contributed by atoms with Crippen molar-refractivity contribution in [1.82, 2.24) is 14.8 Å². The number of cyclic esters (lactones) is 1. The largest absolute Gasteiger partial charge is 0.457 e. The van der Waals surface area contributed by atoms with Gasteiger partial charge in [-0.15, -0.1) is 0 Å². The lowest BCUT2D eigenvalue weighted by Crippen LogP contribution is -2.52. The number of nitrogens with zero attached hydrogens (tertiary/aromatic N) is 3. The highest BCUT2D eigenvalue weighted by Gasteiger charge is 2.37. The van der Waals surface area contributed by atoms with E-state index in [0.717, 1.165) is 24.4 Å². The topological polar surface area (TPSA) is 112 Å². The first-order valence-corrected chi connectivity index (χ1v) is 15.1. The molecule has 1 aromatic heterocycles. The molecule has 0 spiro atoms. The Morgan fingerprint density at radius 1 is 1.19 bits per heavy atom. The number of aliphatic hydroxyl groups is 2. The molecule has 2 N–H and O–H groups in total. The molecule has 0 saturated carbocycles. The molecule has 1 amide bonds. The van der Waals surface area contributed by atoms with E-state index in [1.165, 1.54) is 0 Å². The van der Waals surface area contributed by atoms with Crippen molar-refractivity contribution in [3.8, 4) is 0 Å². The minimum atomic E-state index is -1.44. The first kappa shape index (κ1) is 33.5. The molecular formula is C33H49N3O6. The molecule has 0 bridgehead atoms. The summed E-state index contributed by atoms with van der Waals surface area (Å²) in [7, 11) is 0. The maximum atomic E-state index is 13.1. The van der Waals surface area contributed by atoms with Crippen molar-refractivity contribution in [3.63, 3.8) is 0 Å². The highest BCUT2D eigenvalue weighted by Crippen LogP contribution is 2.27. The third-order valence-corrected chi connectivity index (χ3v) is 8.22. The number of hydrogen-bond donors (Lipinski definition) is 2. The lowest BCUT2D eigenvalue weighted by molar-refractivity contribution is -0.151. The van der Waals surface area contributed by atoms with Crippen LogP contribution in [-0.2, 0) is 14.3 Å². The Hall–Kier alpha value is -3.01. The fourth-order valence-corrected chi connectivity index (χ4v) is 5.27. The predicted molar refractivity (Wildman–Crippen MR) is 163 cm³/mol. The van der Waals surface area contributed by atoms with Gasteiger partial charge in [-0.1, -0.05) is 44.2 Å². The van der Waals surface area contributed by atoms with Gasteiger partial charge in [-0.3, -0.25) is 14.7 Å². The number of piperazine rings is 1. The van der Waals surface area contributed by atoms with E-state index in [9.17, 15) is 19.8 Å². The summed E-state index contributed by atoms with van der Waals surface area (Å²) in [5.41, 5.74) is 0.331. The van der Waals surface area contributed by atoms with Gasteiger partial charge in [0.2, 0.25) is 0 Å². The zero-order valence-electron chi connectivity index (χ0n) is 26.0. The van der Waals surface area contributed by atoms with E-state index in [-0.39, 0.29) is 31.1 Å². The number of carbonyl (C=O) groups excluding carboxylic acids is 2. The van der Waals surface area contributed by atoms with Crippen molar-refractivity contribution in [1.29, 1.82) is 0 Å². The van der Waals surface area contributed by atoms with Crippen molar-refractivity contribution in [2.24, 2.45) is 5.92 Å². The molecule has 3 rings (SSSR count). The molecule has 3 heterocycles. The first-order valence-electron chi connectivity index (χ1n) is 15.1. The molecule has 9 heteroatoms. The Kier molecular flexibility index (Phi) is 12.3. The van der Waals surface area contributed by atoms with Crippen LogP contribution in [0.4, 0.5) is 4.79 Å². The second-order valence-electron chi connectivity index (χ2n) is 12.2. The van der Waals surface area contributed by atoms with Gasteiger partial charge in [-0.05, 0) is 64.3 Å². The summed E-state index contributed by atoms with van der Waals surface area (Å²) in [5, 5.41) is 21.9. The van der Waals surface area contributed by atoms with Gasteiger partial charge in [0.1, 0.15) is 11.7 Å². The van der Waals surface area contributed by atoms with Gasteiger partial charge >= 0.3 is 12.1 Å². The molecule has 2 aliphatic rings. The van der Waals surface area contributed by atoms with Gasteiger partial charge in [0.25, 0.3) is 0 Å². The van der Waals surface area contributed by atoms with Crippen LogP contribution in [0.1, 0.15) is 72.4 Å². The Bertz CT molecular complexity index is 1110. The molecule has 1 saturated heterocycles. The van der Waals surface area contributed by atoms with E-state index in [1.807, 2.05) is 56.4 Å². The Labute approximate surface area is 250 Å². The molecule has 0 aromatic carbocycles. The summed E-state index contributed by atoms with van der Waals surface area (Å²) in [5.74, 6) is -0.697. The lowest BCUT2D eigenvalue weighted by atomic mass is 9.88. The van der Waals surface area contributed by atoms with Gasteiger partial charge in [0, 0.05) is 55.9 Å². The van der Waals surface area contributed by atoms with Crippen LogP contribution in [0.2, 0.25) is 0 Å². The van der Waals surface area contributed by atoms with Crippen molar-refractivity contribution in [2.75, 3.05) is 26.2 Å². The molecule has 0 radical (unpaired) electrons. The van der Waals surface area contributed by atoms with Crippen LogP contribution in [0, 0.1) is 5.92 Å². The minimum Gasteiger partial charge on any atom is -0.457 e. The van der Waals surface area contributed by atoms with E-state index in [2.05, 4.69) is 30.7 Å².